The average molecular weight is 315 g/mol. The molecule has 0 atom stereocenters. The molecule has 0 spiro atoms. The molecule has 2 rings (SSSR count). The lowest BCUT2D eigenvalue weighted by Crippen LogP contribution is -2.14. The van der Waals surface area contributed by atoms with Gasteiger partial charge in [0, 0.05) is 13.6 Å². The first-order valence-electron chi connectivity index (χ1n) is 7.58. The fourth-order valence-electron chi connectivity index (χ4n) is 2.17. The highest BCUT2D eigenvalue weighted by atomic mass is 35.5. The molecule has 0 aliphatic rings. The molecule has 0 bridgehead atoms. The van der Waals surface area contributed by atoms with Gasteiger partial charge >= 0.3 is 0 Å². The summed E-state index contributed by atoms with van der Waals surface area (Å²) in [6.07, 6.45) is 2.71. The first kappa shape index (κ1) is 16.6. The number of aryl methyl sites for hydroxylation is 2. The van der Waals surface area contributed by atoms with Crippen LogP contribution in [-0.2, 0) is 6.42 Å². The lowest BCUT2D eigenvalue weighted by atomic mass is 9.99. The molecular formula is C19H23ClN2. The van der Waals surface area contributed by atoms with Gasteiger partial charge in [0.2, 0.25) is 0 Å². The first-order valence-corrected chi connectivity index (χ1v) is 7.96. The van der Waals surface area contributed by atoms with E-state index in [0.717, 1.165) is 18.7 Å². The monoisotopic (exact) mass is 314 g/mol. The summed E-state index contributed by atoms with van der Waals surface area (Å²) in [6.45, 7) is 7.23. The molecule has 2 aromatic carbocycles. The van der Waals surface area contributed by atoms with E-state index in [9.17, 15) is 0 Å². The molecule has 0 radical (unpaired) electrons. The van der Waals surface area contributed by atoms with E-state index in [4.69, 9.17) is 11.6 Å². The molecule has 0 heterocycles. The topological polar surface area (TPSA) is 15.6 Å². The van der Waals surface area contributed by atoms with Crippen molar-refractivity contribution in [3.63, 3.8) is 0 Å². The van der Waals surface area contributed by atoms with Gasteiger partial charge < -0.3 is 4.90 Å². The Balaban J connectivity index is 2.22. The van der Waals surface area contributed by atoms with Crippen molar-refractivity contribution in [2.45, 2.75) is 27.2 Å². The third kappa shape index (κ3) is 4.35. The fourth-order valence-corrected chi connectivity index (χ4v) is 2.40. The van der Waals surface area contributed by atoms with Gasteiger partial charge in [-0.15, -0.1) is 0 Å². The van der Waals surface area contributed by atoms with Crippen LogP contribution >= 0.6 is 11.6 Å². The Kier molecular flexibility index (Phi) is 5.62. The number of hydrogen-bond acceptors (Lipinski definition) is 1. The third-order valence-electron chi connectivity index (χ3n) is 3.81. The van der Waals surface area contributed by atoms with Crippen molar-refractivity contribution in [1.82, 2.24) is 4.90 Å². The molecule has 0 saturated carbocycles. The maximum atomic E-state index is 6.39. The van der Waals surface area contributed by atoms with Gasteiger partial charge in [0.1, 0.15) is 0 Å². The summed E-state index contributed by atoms with van der Waals surface area (Å²) in [5.41, 5.74) is 5.87. The van der Waals surface area contributed by atoms with Gasteiger partial charge in [-0.3, -0.25) is 0 Å². The molecule has 0 amide bonds. The van der Waals surface area contributed by atoms with E-state index in [2.05, 4.69) is 56.1 Å². The molecule has 2 nitrogen and oxygen atoms in total. The van der Waals surface area contributed by atoms with E-state index in [-0.39, 0.29) is 0 Å². The van der Waals surface area contributed by atoms with E-state index < -0.39 is 0 Å². The lowest BCUT2D eigenvalue weighted by Gasteiger charge is -2.11. The van der Waals surface area contributed by atoms with E-state index in [1.807, 2.05) is 24.4 Å². The SMILES string of the molecule is CCN(C)/C=N\c1cc(C)c(Cc2ccc(C)cc2)cc1Cl. The van der Waals surface area contributed by atoms with Crippen molar-refractivity contribution in [3.05, 3.63) is 63.7 Å². The van der Waals surface area contributed by atoms with Crippen molar-refractivity contribution in [2.75, 3.05) is 13.6 Å². The Hall–Kier alpha value is -1.80. The molecule has 3 heteroatoms. The first-order chi connectivity index (χ1) is 10.5. The number of benzene rings is 2. The van der Waals surface area contributed by atoms with Crippen LogP contribution in [0, 0.1) is 13.8 Å². The molecule has 2 aromatic rings. The Morgan fingerprint density at radius 1 is 1.14 bits per heavy atom. The van der Waals surface area contributed by atoms with Crippen LogP contribution in [0.3, 0.4) is 0 Å². The summed E-state index contributed by atoms with van der Waals surface area (Å²) in [4.78, 5) is 6.49. The zero-order valence-corrected chi connectivity index (χ0v) is 14.5. The zero-order chi connectivity index (χ0) is 16.1. The minimum absolute atomic E-state index is 0.702. The fraction of sp³-hybridized carbons (Fsp3) is 0.316. The maximum Gasteiger partial charge on any atom is 0.0910 e. The molecule has 0 fully saturated rings. The second-order valence-electron chi connectivity index (χ2n) is 5.71. The number of nitrogens with zero attached hydrogens (tertiary/aromatic N) is 2. The Labute approximate surface area is 138 Å². The second kappa shape index (κ2) is 7.46. The molecule has 0 N–H and O–H groups in total. The van der Waals surface area contributed by atoms with Crippen LogP contribution in [0.15, 0.2) is 41.4 Å². The van der Waals surface area contributed by atoms with Crippen LogP contribution in [0.5, 0.6) is 0 Å². The van der Waals surface area contributed by atoms with Crippen molar-refractivity contribution in [2.24, 2.45) is 4.99 Å². The predicted octanol–water partition coefficient (Wildman–Crippen LogP) is 5.16. The zero-order valence-electron chi connectivity index (χ0n) is 13.7. The van der Waals surface area contributed by atoms with Gasteiger partial charge in [-0.25, -0.2) is 4.99 Å². The normalized spacial score (nSPS) is 11.1. The highest BCUT2D eigenvalue weighted by molar-refractivity contribution is 6.33. The highest BCUT2D eigenvalue weighted by Crippen LogP contribution is 2.29. The van der Waals surface area contributed by atoms with E-state index in [1.54, 1.807) is 0 Å². The summed E-state index contributed by atoms with van der Waals surface area (Å²) in [6, 6.07) is 12.7. The van der Waals surface area contributed by atoms with Crippen molar-refractivity contribution in [3.8, 4) is 0 Å². The number of halogens is 1. The van der Waals surface area contributed by atoms with E-state index in [0.29, 0.717) is 5.02 Å². The summed E-state index contributed by atoms with van der Waals surface area (Å²) in [5.74, 6) is 0. The minimum Gasteiger partial charge on any atom is -0.366 e. The molecule has 22 heavy (non-hydrogen) atoms. The van der Waals surface area contributed by atoms with Crippen LogP contribution in [0.25, 0.3) is 0 Å². The van der Waals surface area contributed by atoms with Gasteiger partial charge in [-0.05, 0) is 56.0 Å². The standard InChI is InChI=1S/C19H23ClN2/c1-5-22(4)13-21-19-10-15(3)17(12-18(19)20)11-16-8-6-14(2)7-9-16/h6-10,12-13H,5,11H2,1-4H3/b21-13-. The Morgan fingerprint density at radius 3 is 2.45 bits per heavy atom. The lowest BCUT2D eigenvalue weighted by molar-refractivity contribution is 0.552. The molecule has 0 unspecified atom stereocenters. The minimum atomic E-state index is 0.702. The molecule has 0 aliphatic carbocycles. The largest absolute Gasteiger partial charge is 0.366 e. The maximum absolute atomic E-state index is 6.39. The van der Waals surface area contributed by atoms with Gasteiger partial charge in [0.15, 0.2) is 0 Å². The number of aliphatic imine (C=N–C) groups is 1. The number of hydrogen-bond donors (Lipinski definition) is 0. The van der Waals surface area contributed by atoms with E-state index in [1.165, 1.54) is 22.3 Å². The molecule has 0 aromatic heterocycles. The van der Waals surface area contributed by atoms with Crippen LogP contribution in [0.1, 0.15) is 29.2 Å². The quantitative estimate of drug-likeness (QED) is 0.550. The second-order valence-corrected chi connectivity index (χ2v) is 6.12. The summed E-state index contributed by atoms with van der Waals surface area (Å²) < 4.78 is 0. The van der Waals surface area contributed by atoms with Gasteiger partial charge in [-0.2, -0.15) is 0 Å². The highest BCUT2D eigenvalue weighted by Gasteiger charge is 2.06. The summed E-state index contributed by atoms with van der Waals surface area (Å²) in [7, 11) is 2.00. The van der Waals surface area contributed by atoms with Crippen LogP contribution in [0.2, 0.25) is 5.02 Å². The van der Waals surface area contributed by atoms with E-state index >= 15 is 0 Å². The van der Waals surface area contributed by atoms with Gasteiger partial charge in [0.25, 0.3) is 0 Å². The average Bonchev–Trinajstić information content (AvgIpc) is 2.51. The molecule has 0 aliphatic heterocycles. The van der Waals surface area contributed by atoms with Gasteiger partial charge in [0.05, 0.1) is 17.0 Å². The predicted molar refractivity (Wildman–Crippen MR) is 96.6 cm³/mol. The van der Waals surface area contributed by atoms with Crippen LogP contribution in [0.4, 0.5) is 5.69 Å². The van der Waals surface area contributed by atoms with Gasteiger partial charge in [-0.1, -0.05) is 41.4 Å². The Morgan fingerprint density at radius 2 is 1.82 bits per heavy atom. The van der Waals surface area contributed by atoms with Crippen molar-refractivity contribution in [1.29, 1.82) is 0 Å². The smallest absolute Gasteiger partial charge is 0.0910 e. The van der Waals surface area contributed by atoms with Crippen LogP contribution in [-0.4, -0.2) is 24.8 Å². The van der Waals surface area contributed by atoms with Crippen molar-refractivity contribution < 1.29 is 0 Å². The number of rotatable bonds is 5. The summed E-state index contributed by atoms with van der Waals surface area (Å²) in [5, 5.41) is 0.702. The molecule has 0 saturated heterocycles. The summed E-state index contributed by atoms with van der Waals surface area (Å²) >= 11 is 6.39. The third-order valence-corrected chi connectivity index (χ3v) is 4.12. The van der Waals surface area contributed by atoms with Crippen molar-refractivity contribution >= 4 is 23.6 Å². The Bertz CT molecular complexity index is 660. The molecular weight excluding hydrogens is 292 g/mol. The molecule has 116 valence electrons. The van der Waals surface area contributed by atoms with Crippen LogP contribution < -0.4 is 0 Å².